The first-order valence-electron chi connectivity index (χ1n) is 14.1. The van der Waals surface area contributed by atoms with Crippen LogP contribution in [0.3, 0.4) is 0 Å². The Hall–Kier alpha value is -4.12. The van der Waals surface area contributed by atoms with Gasteiger partial charge in [-0.3, -0.25) is 14.5 Å². The van der Waals surface area contributed by atoms with Gasteiger partial charge < -0.3 is 9.88 Å². The number of anilines is 1. The average molecular weight is 534 g/mol. The van der Waals surface area contributed by atoms with Gasteiger partial charge in [0.15, 0.2) is 0 Å². The number of benzene rings is 3. The van der Waals surface area contributed by atoms with Gasteiger partial charge >= 0.3 is 0 Å². The molecule has 0 bridgehead atoms. The van der Waals surface area contributed by atoms with Gasteiger partial charge in [0.25, 0.3) is 0 Å². The summed E-state index contributed by atoms with van der Waals surface area (Å²) in [5.41, 5.74) is 7.59. The Morgan fingerprint density at radius 2 is 1.43 bits per heavy atom. The molecule has 1 aliphatic heterocycles. The predicted octanol–water partition coefficient (Wildman–Crippen LogP) is 7.51. The molecule has 0 spiro atoms. The third kappa shape index (κ3) is 5.46. The van der Waals surface area contributed by atoms with Crippen LogP contribution in [-0.2, 0) is 16.0 Å². The Balaban J connectivity index is 1.70. The zero-order chi connectivity index (χ0) is 28.6. The van der Waals surface area contributed by atoms with E-state index < -0.39 is 11.6 Å². The summed E-state index contributed by atoms with van der Waals surface area (Å²) in [4.78, 5) is 29.8. The first-order chi connectivity index (χ1) is 19.0. The van der Waals surface area contributed by atoms with Gasteiger partial charge in [-0.25, -0.2) is 0 Å². The molecule has 0 saturated carbocycles. The highest BCUT2D eigenvalue weighted by molar-refractivity contribution is 6.03. The lowest BCUT2D eigenvalue weighted by atomic mass is 9.96. The number of carbonyl (C=O) groups excluding carboxylic acids is 2. The molecule has 1 N–H and O–H groups in total. The number of aryl methyl sites for hydroxylation is 2. The molecule has 206 valence electrons. The molecule has 2 amide bonds. The number of aromatic nitrogens is 1. The van der Waals surface area contributed by atoms with Gasteiger partial charge in [-0.15, -0.1) is 0 Å². The van der Waals surface area contributed by atoms with Crippen molar-refractivity contribution in [3.63, 3.8) is 0 Å². The van der Waals surface area contributed by atoms with E-state index >= 15 is 0 Å². The van der Waals surface area contributed by atoms with Crippen molar-refractivity contribution in [2.45, 2.75) is 71.9 Å². The second-order valence-electron chi connectivity index (χ2n) is 12.1. The molecule has 1 atom stereocenters. The van der Waals surface area contributed by atoms with E-state index in [1.165, 1.54) is 11.1 Å². The minimum absolute atomic E-state index is 0.0706. The Kier molecular flexibility index (Phi) is 7.41. The maximum Gasteiger partial charge on any atom is 0.248 e. The van der Waals surface area contributed by atoms with E-state index in [0.29, 0.717) is 18.8 Å². The van der Waals surface area contributed by atoms with Crippen molar-refractivity contribution in [3.05, 3.63) is 107 Å². The van der Waals surface area contributed by atoms with Crippen molar-refractivity contribution >= 4 is 17.5 Å². The van der Waals surface area contributed by atoms with Gasteiger partial charge in [0.1, 0.15) is 6.04 Å². The van der Waals surface area contributed by atoms with Gasteiger partial charge in [-0.2, -0.15) is 0 Å². The molecule has 0 radical (unpaired) electrons. The van der Waals surface area contributed by atoms with Crippen LogP contribution in [0.15, 0.2) is 84.9 Å². The van der Waals surface area contributed by atoms with Gasteiger partial charge in [-0.1, -0.05) is 80.1 Å². The molecule has 1 aromatic heterocycles. The number of para-hydroxylation sites is 2. The van der Waals surface area contributed by atoms with Gasteiger partial charge in [0, 0.05) is 17.7 Å². The number of hydrogen-bond donors (Lipinski definition) is 1. The SMILES string of the molecule is Cc1ccc(-c2ccc3n2-c2ccccc2N(C(C(=O)NC(C)(C)C)c2ccc(C(C)C)cc2)C(=O)CC3)cc1. The molecule has 5 rings (SSSR count). The first-order valence-corrected chi connectivity index (χ1v) is 14.1. The summed E-state index contributed by atoms with van der Waals surface area (Å²) < 4.78 is 2.25. The number of fused-ring (bicyclic) bond motifs is 3. The van der Waals surface area contributed by atoms with Crippen molar-refractivity contribution in [1.82, 2.24) is 9.88 Å². The lowest BCUT2D eigenvalue weighted by Gasteiger charge is -2.36. The van der Waals surface area contributed by atoms with E-state index in [0.717, 1.165) is 33.9 Å². The summed E-state index contributed by atoms with van der Waals surface area (Å²) in [6, 6.07) is 28.0. The number of amides is 2. The standard InChI is InChI=1S/C35H39N3O2/c1-23(2)25-15-17-27(18-16-25)33(34(40)36-35(4,5)6)38-31-10-8-7-9-30(31)37-28(20-22-32(38)39)19-21-29(37)26-13-11-24(3)12-14-26/h7-19,21,23,33H,20,22H2,1-6H3,(H,36,40). The number of nitrogens with zero attached hydrogens (tertiary/aromatic N) is 2. The topological polar surface area (TPSA) is 54.3 Å². The van der Waals surface area contributed by atoms with E-state index in [-0.39, 0.29) is 11.8 Å². The lowest BCUT2D eigenvalue weighted by molar-refractivity contribution is -0.127. The van der Waals surface area contributed by atoms with Gasteiger partial charge in [-0.05, 0) is 81.0 Å². The summed E-state index contributed by atoms with van der Waals surface area (Å²) in [6.07, 6.45) is 0.879. The van der Waals surface area contributed by atoms with Crippen LogP contribution >= 0.6 is 0 Å². The van der Waals surface area contributed by atoms with Crippen molar-refractivity contribution in [2.75, 3.05) is 4.90 Å². The molecule has 4 aromatic rings. The largest absolute Gasteiger partial charge is 0.349 e. The van der Waals surface area contributed by atoms with Crippen LogP contribution in [0.1, 0.15) is 75.4 Å². The fraction of sp³-hybridized carbons (Fsp3) is 0.314. The fourth-order valence-electron chi connectivity index (χ4n) is 5.46. The number of carbonyl (C=O) groups is 2. The molecular formula is C35H39N3O2. The quantitative estimate of drug-likeness (QED) is 0.289. The second kappa shape index (κ2) is 10.8. The van der Waals surface area contributed by atoms with E-state index in [9.17, 15) is 9.59 Å². The monoisotopic (exact) mass is 533 g/mol. The Morgan fingerprint density at radius 1 is 0.800 bits per heavy atom. The highest BCUT2D eigenvalue weighted by atomic mass is 16.2. The number of rotatable bonds is 5. The third-order valence-electron chi connectivity index (χ3n) is 7.48. The smallest absolute Gasteiger partial charge is 0.248 e. The summed E-state index contributed by atoms with van der Waals surface area (Å²) in [5.74, 6) is 0.103. The van der Waals surface area contributed by atoms with Crippen molar-refractivity contribution in [1.29, 1.82) is 0 Å². The van der Waals surface area contributed by atoms with Gasteiger partial charge in [0.05, 0.1) is 17.1 Å². The van der Waals surface area contributed by atoms with Crippen molar-refractivity contribution < 1.29 is 9.59 Å². The molecule has 0 saturated heterocycles. The maximum absolute atomic E-state index is 14.1. The molecule has 5 nitrogen and oxygen atoms in total. The van der Waals surface area contributed by atoms with E-state index in [4.69, 9.17) is 0 Å². The van der Waals surface area contributed by atoms with Crippen LogP contribution < -0.4 is 10.2 Å². The molecule has 1 unspecified atom stereocenters. The molecule has 3 aromatic carbocycles. The van der Waals surface area contributed by atoms with Crippen molar-refractivity contribution in [3.8, 4) is 16.9 Å². The molecule has 0 fully saturated rings. The molecule has 40 heavy (non-hydrogen) atoms. The van der Waals surface area contributed by atoms with E-state index in [1.807, 2.05) is 57.2 Å². The Labute approximate surface area is 237 Å². The Bertz CT molecular complexity index is 1520. The highest BCUT2D eigenvalue weighted by Gasteiger charge is 2.37. The van der Waals surface area contributed by atoms with Crippen LogP contribution in [0.4, 0.5) is 5.69 Å². The average Bonchev–Trinajstić information content (AvgIpc) is 3.32. The lowest BCUT2D eigenvalue weighted by Crippen LogP contribution is -2.50. The molecule has 2 heterocycles. The molecule has 1 aliphatic rings. The van der Waals surface area contributed by atoms with Crippen LogP contribution in [0.25, 0.3) is 16.9 Å². The first kappa shape index (κ1) is 27.4. The molecular weight excluding hydrogens is 494 g/mol. The third-order valence-corrected chi connectivity index (χ3v) is 7.48. The minimum Gasteiger partial charge on any atom is -0.349 e. The van der Waals surface area contributed by atoms with Crippen LogP contribution in [-0.4, -0.2) is 21.9 Å². The van der Waals surface area contributed by atoms with Crippen LogP contribution in [0.2, 0.25) is 0 Å². The van der Waals surface area contributed by atoms with Crippen LogP contribution in [0.5, 0.6) is 0 Å². The summed E-state index contributed by atoms with van der Waals surface area (Å²) in [6.45, 7) is 12.3. The Morgan fingerprint density at radius 3 is 2.05 bits per heavy atom. The maximum atomic E-state index is 14.1. The fourth-order valence-corrected chi connectivity index (χ4v) is 5.46. The normalized spacial score (nSPS) is 14.3. The second-order valence-corrected chi connectivity index (χ2v) is 12.1. The summed E-state index contributed by atoms with van der Waals surface area (Å²) >= 11 is 0. The number of hydrogen-bond acceptors (Lipinski definition) is 2. The number of nitrogens with one attached hydrogen (secondary N) is 1. The molecule has 5 heteroatoms. The summed E-state index contributed by atoms with van der Waals surface area (Å²) in [5, 5.41) is 3.16. The highest BCUT2D eigenvalue weighted by Crippen LogP contribution is 2.39. The zero-order valence-corrected chi connectivity index (χ0v) is 24.4. The summed E-state index contributed by atoms with van der Waals surface area (Å²) in [7, 11) is 0. The molecule has 0 aliphatic carbocycles. The predicted molar refractivity (Wildman–Crippen MR) is 163 cm³/mol. The minimum atomic E-state index is -0.811. The van der Waals surface area contributed by atoms with E-state index in [1.54, 1.807) is 4.90 Å². The van der Waals surface area contributed by atoms with E-state index in [2.05, 4.69) is 79.2 Å². The van der Waals surface area contributed by atoms with Crippen LogP contribution in [0, 0.1) is 6.92 Å². The van der Waals surface area contributed by atoms with Crippen molar-refractivity contribution in [2.24, 2.45) is 0 Å². The van der Waals surface area contributed by atoms with Gasteiger partial charge in [0.2, 0.25) is 11.8 Å². The zero-order valence-electron chi connectivity index (χ0n) is 24.4.